The second-order valence-electron chi connectivity index (χ2n) is 12.7. The molecule has 60 heavy (non-hydrogen) atoms. The molecule has 322 valence electrons. The molecule has 3 rings (SSSR count). The lowest BCUT2D eigenvalue weighted by Gasteiger charge is -2.21. The monoisotopic (exact) mass is 846 g/mol. The maximum Gasteiger partial charge on any atom is 0.420 e. The van der Waals surface area contributed by atoms with Gasteiger partial charge in [-0.2, -0.15) is 26.3 Å². The molecule has 0 saturated carbocycles. The fourth-order valence-corrected chi connectivity index (χ4v) is 5.22. The SMILES string of the molecule is C=CC(=O)OCCCCCCOc1ccc(/C=C/C(=O)Oc2ccc(OC(=O)/C=C/c3ccc(OCCCCCCOC(=O)C=C)cc3)c(C(F)(F)F)c2C(F)(F)F)cc1. The summed E-state index contributed by atoms with van der Waals surface area (Å²) in [6.45, 7) is 8.04. The minimum atomic E-state index is -5.69. The molecule has 16 heteroatoms. The van der Waals surface area contributed by atoms with Gasteiger partial charge in [0.05, 0.1) is 26.4 Å². The zero-order chi connectivity index (χ0) is 44.0. The standard InChI is InChI=1S/C44H44F6O10/c1-3-37(51)57-29-11-7-5-9-27-55-33-19-13-31(14-20-33)17-25-39(53)59-35-23-24-36(42(44(48,49)50)41(35)43(45,46)47)60-40(54)26-18-32-15-21-34(22-16-32)56-28-10-6-8-12-30-58-38(52)4-2/h3-4,13-26H,1-2,5-12,27-30H2/b25-17+,26-18+. The molecule has 0 aliphatic heterocycles. The molecule has 10 nitrogen and oxygen atoms in total. The molecule has 0 heterocycles. The summed E-state index contributed by atoms with van der Waals surface area (Å²) in [6, 6.07) is 13.4. The molecule has 3 aromatic carbocycles. The van der Waals surface area contributed by atoms with Gasteiger partial charge in [0.25, 0.3) is 0 Å². The Balaban J connectivity index is 1.56. The van der Waals surface area contributed by atoms with E-state index < -0.39 is 58.9 Å². The number of ether oxygens (including phenoxy) is 6. The smallest absolute Gasteiger partial charge is 0.420 e. The van der Waals surface area contributed by atoms with Crippen molar-refractivity contribution in [3.05, 3.63) is 120 Å². The van der Waals surface area contributed by atoms with E-state index in [1.165, 1.54) is 12.2 Å². The van der Waals surface area contributed by atoms with Gasteiger partial charge in [-0.05, 0) is 111 Å². The molecule has 0 spiro atoms. The molecule has 0 unspecified atom stereocenters. The van der Waals surface area contributed by atoms with Gasteiger partial charge in [0.15, 0.2) is 0 Å². The molecule has 0 aliphatic rings. The lowest BCUT2D eigenvalue weighted by molar-refractivity contribution is -0.164. The van der Waals surface area contributed by atoms with Gasteiger partial charge in [-0.25, -0.2) is 19.2 Å². The fraction of sp³-hybridized carbons (Fsp3) is 0.318. The van der Waals surface area contributed by atoms with E-state index in [4.69, 9.17) is 28.4 Å². The number of rotatable bonds is 24. The van der Waals surface area contributed by atoms with Crippen LogP contribution in [0.3, 0.4) is 0 Å². The summed E-state index contributed by atoms with van der Waals surface area (Å²) in [7, 11) is 0. The van der Waals surface area contributed by atoms with Gasteiger partial charge in [-0.1, -0.05) is 37.4 Å². The Morgan fingerprint density at radius 2 is 0.800 bits per heavy atom. The number of benzene rings is 3. The van der Waals surface area contributed by atoms with Gasteiger partial charge < -0.3 is 28.4 Å². The predicted octanol–water partition coefficient (Wildman–Crippen LogP) is 10.3. The third-order valence-electron chi connectivity index (χ3n) is 8.14. The summed E-state index contributed by atoms with van der Waals surface area (Å²) in [4.78, 5) is 47.1. The summed E-state index contributed by atoms with van der Waals surface area (Å²) >= 11 is 0. The third kappa shape index (κ3) is 17.7. The number of carbonyl (C=O) groups is 4. The highest BCUT2D eigenvalue weighted by Gasteiger charge is 2.48. The van der Waals surface area contributed by atoms with Crippen LogP contribution in [0.15, 0.2) is 98.1 Å². The van der Waals surface area contributed by atoms with Crippen molar-refractivity contribution in [3.8, 4) is 23.0 Å². The van der Waals surface area contributed by atoms with Crippen LogP contribution in [0.4, 0.5) is 26.3 Å². The Morgan fingerprint density at radius 3 is 1.12 bits per heavy atom. The molecule has 0 fully saturated rings. The Labute approximate surface area is 343 Å². The zero-order valence-electron chi connectivity index (χ0n) is 32.5. The Kier molecular flexibility index (Phi) is 19.7. The van der Waals surface area contributed by atoms with Crippen LogP contribution in [-0.2, 0) is 41.0 Å². The van der Waals surface area contributed by atoms with Crippen LogP contribution in [0.1, 0.15) is 73.6 Å². The zero-order valence-corrected chi connectivity index (χ0v) is 32.5. The van der Waals surface area contributed by atoms with E-state index in [2.05, 4.69) is 13.2 Å². The van der Waals surface area contributed by atoms with Gasteiger partial charge in [-0.15, -0.1) is 0 Å². The van der Waals surface area contributed by atoms with Crippen LogP contribution in [0.25, 0.3) is 12.2 Å². The second-order valence-corrected chi connectivity index (χ2v) is 12.7. The van der Waals surface area contributed by atoms with E-state index in [-0.39, 0.29) is 0 Å². The number of carbonyl (C=O) groups excluding carboxylic acids is 4. The first-order valence-corrected chi connectivity index (χ1v) is 18.8. The number of alkyl halides is 6. The van der Waals surface area contributed by atoms with Gasteiger partial charge in [-0.3, -0.25) is 0 Å². The highest BCUT2D eigenvalue weighted by atomic mass is 19.4. The molecule has 3 aromatic rings. The van der Waals surface area contributed by atoms with Gasteiger partial charge in [0.1, 0.15) is 34.1 Å². The van der Waals surface area contributed by atoms with Crippen molar-refractivity contribution < 1.29 is 73.9 Å². The first kappa shape index (κ1) is 48.1. The normalized spacial score (nSPS) is 11.6. The minimum Gasteiger partial charge on any atom is -0.494 e. The van der Waals surface area contributed by atoms with E-state index in [0.717, 1.165) is 62.8 Å². The maximum atomic E-state index is 14.2. The van der Waals surface area contributed by atoms with Crippen LogP contribution < -0.4 is 18.9 Å². The number of unbranched alkanes of at least 4 members (excludes halogenated alkanes) is 6. The molecular formula is C44H44F6O10. The molecule has 0 aliphatic carbocycles. The Hall–Kier alpha value is -6.32. The van der Waals surface area contributed by atoms with Gasteiger partial charge >= 0.3 is 36.2 Å². The Bertz CT molecular complexity index is 1810. The summed E-state index contributed by atoms with van der Waals surface area (Å²) in [6.07, 6.45) is 0.822. The van der Waals surface area contributed by atoms with Gasteiger partial charge in [0, 0.05) is 24.3 Å². The van der Waals surface area contributed by atoms with Crippen molar-refractivity contribution in [1.82, 2.24) is 0 Å². The Morgan fingerprint density at radius 1 is 0.467 bits per heavy atom. The number of halogens is 6. The van der Waals surface area contributed by atoms with Crippen LogP contribution in [0.5, 0.6) is 23.0 Å². The highest BCUT2D eigenvalue weighted by Crippen LogP contribution is 2.49. The minimum absolute atomic E-state index is 0.300. The average Bonchev–Trinajstić information content (AvgIpc) is 3.21. The molecule has 0 atom stereocenters. The number of hydrogen-bond donors (Lipinski definition) is 0. The first-order chi connectivity index (χ1) is 28.6. The van der Waals surface area contributed by atoms with E-state index in [9.17, 15) is 45.5 Å². The molecule has 0 aromatic heterocycles. The quantitative estimate of drug-likeness (QED) is 0.0283. The van der Waals surface area contributed by atoms with E-state index >= 15 is 0 Å². The largest absolute Gasteiger partial charge is 0.494 e. The summed E-state index contributed by atoms with van der Waals surface area (Å²) in [5.74, 6) is -5.65. The van der Waals surface area contributed by atoms with E-state index in [1.54, 1.807) is 48.5 Å². The number of esters is 4. The fourth-order valence-electron chi connectivity index (χ4n) is 5.22. The second kappa shape index (κ2) is 24.6. The van der Waals surface area contributed by atoms with Crippen molar-refractivity contribution in [1.29, 1.82) is 0 Å². The molecule has 0 amide bonds. The molecule has 0 radical (unpaired) electrons. The average molecular weight is 847 g/mol. The highest BCUT2D eigenvalue weighted by molar-refractivity contribution is 5.90. The number of hydrogen-bond acceptors (Lipinski definition) is 10. The van der Waals surface area contributed by atoms with E-state index in [1.807, 2.05) is 0 Å². The van der Waals surface area contributed by atoms with Crippen molar-refractivity contribution in [2.45, 2.75) is 63.7 Å². The van der Waals surface area contributed by atoms with Crippen molar-refractivity contribution >= 4 is 36.0 Å². The van der Waals surface area contributed by atoms with E-state index in [0.29, 0.717) is 74.0 Å². The van der Waals surface area contributed by atoms with Crippen molar-refractivity contribution in [3.63, 3.8) is 0 Å². The van der Waals surface area contributed by atoms with Crippen LogP contribution in [0.2, 0.25) is 0 Å². The van der Waals surface area contributed by atoms with Crippen molar-refractivity contribution in [2.24, 2.45) is 0 Å². The van der Waals surface area contributed by atoms with Gasteiger partial charge in [0.2, 0.25) is 0 Å². The van der Waals surface area contributed by atoms with Crippen LogP contribution >= 0.6 is 0 Å². The van der Waals surface area contributed by atoms with Crippen LogP contribution in [0, 0.1) is 0 Å². The molecule has 0 bridgehead atoms. The summed E-state index contributed by atoms with van der Waals surface area (Å²) < 4.78 is 116. The summed E-state index contributed by atoms with van der Waals surface area (Å²) in [5, 5.41) is 0. The molecular weight excluding hydrogens is 802 g/mol. The predicted molar refractivity (Wildman–Crippen MR) is 209 cm³/mol. The molecule has 0 N–H and O–H groups in total. The topological polar surface area (TPSA) is 124 Å². The molecule has 0 saturated heterocycles. The first-order valence-electron chi connectivity index (χ1n) is 18.8. The van der Waals surface area contributed by atoms with Crippen molar-refractivity contribution in [2.75, 3.05) is 26.4 Å². The van der Waals surface area contributed by atoms with Crippen LogP contribution in [-0.4, -0.2) is 50.3 Å². The summed E-state index contributed by atoms with van der Waals surface area (Å²) in [5.41, 5.74) is -3.89. The lowest BCUT2D eigenvalue weighted by atomic mass is 10.0. The third-order valence-corrected chi connectivity index (χ3v) is 8.14. The lowest BCUT2D eigenvalue weighted by Crippen LogP contribution is -2.21. The maximum absolute atomic E-state index is 14.2.